The van der Waals surface area contributed by atoms with Crippen molar-refractivity contribution in [1.82, 2.24) is 0 Å². The van der Waals surface area contributed by atoms with Crippen LogP contribution in [-0.2, 0) is 0 Å². The summed E-state index contributed by atoms with van der Waals surface area (Å²) in [5.41, 5.74) is 0. The first-order valence-electron chi connectivity index (χ1n) is 6.29. The Hall–Kier alpha value is -1.42. The Balaban J connectivity index is 0.00000180. The first-order chi connectivity index (χ1) is 8.46. The first-order valence-corrected chi connectivity index (χ1v) is 8.24. The Morgan fingerprint density at radius 3 is 1.32 bits per heavy atom. The van der Waals surface area contributed by atoms with E-state index in [0.29, 0.717) is 0 Å². The normalized spacial score (nSPS) is 11.8. The zero-order chi connectivity index (χ0) is 13.2. The summed E-state index contributed by atoms with van der Waals surface area (Å²) >= 11 is 0. The molecule has 0 unspecified atom stereocenters. The number of hydrogen-bond donors (Lipinski definition) is 1. The smallest absolute Gasteiger partial charge is 0.258 e. The molecule has 0 saturated heterocycles. The zero-order valence-electron chi connectivity index (χ0n) is 11.7. The fourth-order valence-corrected chi connectivity index (χ4v) is 5.81. The maximum atomic E-state index is 11.4. The van der Waals surface area contributed by atoms with Crippen LogP contribution in [0.25, 0.3) is 0 Å². The molecule has 0 aliphatic heterocycles. The van der Waals surface area contributed by atoms with Crippen molar-refractivity contribution >= 4 is 18.7 Å². The molecule has 3 heteroatoms. The fourth-order valence-electron chi connectivity index (χ4n) is 2.39. The summed E-state index contributed by atoms with van der Waals surface area (Å²) in [6, 6.07) is 20.2. The predicted octanol–water partition coefficient (Wildman–Crippen LogP) is 1.71. The molecule has 0 fully saturated rings. The second kappa shape index (κ2) is 5.69. The van der Waals surface area contributed by atoms with Gasteiger partial charge in [0, 0.05) is 0 Å². The summed E-state index contributed by atoms with van der Waals surface area (Å²) < 4.78 is 0. The van der Waals surface area contributed by atoms with E-state index < -0.39 is 8.32 Å². The number of hydrogen-bond acceptors (Lipinski definition) is 1. The van der Waals surface area contributed by atoms with Crippen LogP contribution in [0.5, 0.6) is 0 Å². The number of benzene rings is 2. The van der Waals surface area contributed by atoms with E-state index in [9.17, 15) is 4.80 Å². The summed E-state index contributed by atoms with van der Waals surface area (Å²) in [5, 5.41) is 2.00. The van der Waals surface area contributed by atoms with Crippen LogP contribution in [0.1, 0.15) is 20.8 Å². The monoisotopic (exact) mass is 274 g/mol. The Kier molecular flexibility index (Phi) is 4.69. The lowest BCUT2D eigenvalue weighted by Crippen LogP contribution is -2.64. The topological polar surface area (TPSA) is 51.7 Å². The fraction of sp³-hybridized carbons (Fsp3) is 0.250. The van der Waals surface area contributed by atoms with Crippen molar-refractivity contribution in [3.05, 3.63) is 60.7 Å². The van der Waals surface area contributed by atoms with E-state index in [2.05, 4.69) is 20.8 Å². The van der Waals surface area contributed by atoms with Gasteiger partial charge in [0.1, 0.15) is 0 Å². The van der Waals surface area contributed by atoms with Crippen molar-refractivity contribution in [1.29, 1.82) is 0 Å². The molecule has 0 radical (unpaired) electrons. The highest BCUT2D eigenvalue weighted by molar-refractivity contribution is 6.98. The Morgan fingerprint density at radius 2 is 1.05 bits per heavy atom. The van der Waals surface area contributed by atoms with Crippen molar-refractivity contribution in [2.45, 2.75) is 25.8 Å². The van der Waals surface area contributed by atoms with Crippen LogP contribution in [0.3, 0.4) is 0 Å². The zero-order valence-corrected chi connectivity index (χ0v) is 12.7. The maximum absolute atomic E-state index is 11.4. The molecule has 3 N–H and O–H groups in total. The van der Waals surface area contributed by atoms with Gasteiger partial charge in [-0.15, -0.1) is 0 Å². The highest BCUT2D eigenvalue weighted by Crippen LogP contribution is 2.33. The second-order valence-electron chi connectivity index (χ2n) is 5.69. The minimum Gasteiger partial charge on any atom is -0.424 e. The molecule has 2 aromatic carbocycles. The molecule has 0 atom stereocenters. The van der Waals surface area contributed by atoms with Crippen molar-refractivity contribution in [3.8, 4) is 0 Å². The Bertz CT molecular complexity index is 464. The molecule has 19 heavy (non-hydrogen) atoms. The van der Waals surface area contributed by atoms with Gasteiger partial charge in [-0.2, -0.15) is 0 Å². The highest BCUT2D eigenvalue weighted by Gasteiger charge is 2.46. The molecule has 0 spiro atoms. The van der Waals surface area contributed by atoms with Gasteiger partial charge in [0.05, 0.1) is 0 Å². The standard InChI is InChI=1S/C16H20OSi.H2O/c1-16(2,3)18(17,14-10-6-4-7-11-14)15-12-8-5-9-13-15;/h4-13,17H,1-3H3;1H2. The molecule has 0 heterocycles. The highest BCUT2D eigenvalue weighted by atomic mass is 28.4. The summed E-state index contributed by atoms with van der Waals surface area (Å²) in [5.74, 6) is 0. The number of rotatable bonds is 2. The minimum absolute atomic E-state index is 0. The van der Waals surface area contributed by atoms with Crippen LogP contribution in [0.4, 0.5) is 0 Å². The molecule has 2 nitrogen and oxygen atoms in total. The summed E-state index contributed by atoms with van der Waals surface area (Å²) in [6.07, 6.45) is 0. The van der Waals surface area contributed by atoms with Crippen molar-refractivity contribution in [2.75, 3.05) is 0 Å². The molecular weight excluding hydrogens is 252 g/mol. The van der Waals surface area contributed by atoms with Crippen LogP contribution in [0.2, 0.25) is 5.04 Å². The van der Waals surface area contributed by atoms with E-state index in [4.69, 9.17) is 0 Å². The van der Waals surface area contributed by atoms with E-state index in [1.54, 1.807) is 0 Å². The third-order valence-corrected chi connectivity index (χ3v) is 7.98. The van der Waals surface area contributed by atoms with Crippen molar-refractivity contribution in [2.24, 2.45) is 0 Å². The van der Waals surface area contributed by atoms with Gasteiger partial charge in [-0.25, -0.2) is 0 Å². The average molecular weight is 274 g/mol. The minimum atomic E-state index is -2.70. The van der Waals surface area contributed by atoms with Gasteiger partial charge in [-0.1, -0.05) is 81.4 Å². The molecule has 0 bridgehead atoms. The molecule has 0 amide bonds. The van der Waals surface area contributed by atoms with Crippen LogP contribution in [0.15, 0.2) is 60.7 Å². The van der Waals surface area contributed by atoms with E-state index >= 15 is 0 Å². The second-order valence-corrected chi connectivity index (χ2v) is 9.77. The van der Waals surface area contributed by atoms with E-state index in [-0.39, 0.29) is 10.5 Å². The van der Waals surface area contributed by atoms with E-state index in [0.717, 1.165) is 10.4 Å². The van der Waals surface area contributed by atoms with Crippen LogP contribution >= 0.6 is 0 Å². The van der Waals surface area contributed by atoms with Gasteiger partial charge in [0.25, 0.3) is 8.32 Å². The Labute approximate surface area is 116 Å². The van der Waals surface area contributed by atoms with Crippen molar-refractivity contribution in [3.63, 3.8) is 0 Å². The molecule has 0 aliphatic rings. The van der Waals surface area contributed by atoms with E-state index in [1.165, 1.54) is 0 Å². The van der Waals surface area contributed by atoms with Crippen molar-refractivity contribution < 1.29 is 10.3 Å². The summed E-state index contributed by atoms with van der Waals surface area (Å²) in [4.78, 5) is 11.4. The third kappa shape index (κ3) is 2.78. The lowest BCUT2D eigenvalue weighted by atomic mass is 10.2. The maximum Gasteiger partial charge on any atom is 0.258 e. The molecule has 0 aromatic heterocycles. The van der Waals surface area contributed by atoms with Crippen LogP contribution in [-0.4, -0.2) is 18.6 Å². The Morgan fingerprint density at radius 1 is 0.737 bits per heavy atom. The van der Waals surface area contributed by atoms with Gasteiger partial charge in [0.15, 0.2) is 0 Å². The molecule has 0 saturated carbocycles. The first kappa shape index (κ1) is 15.6. The van der Waals surface area contributed by atoms with E-state index in [1.807, 2.05) is 60.7 Å². The predicted molar refractivity (Wildman–Crippen MR) is 83.5 cm³/mol. The molecule has 2 rings (SSSR count). The molecule has 102 valence electrons. The largest absolute Gasteiger partial charge is 0.424 e. The van der Waals surface area contributed by atoms with Gasteiger partial charge in [-0.3, -0.25) is 0 Å². The van der Waals surface area contributed by atoms with Gasteiger partial charge in [0.2, 0.25) is 0 Å². The lowest BCUT2D eigenvalue weighted by molar-refractivity contribution is 0.505. The van der Waals surface area contributed by atoms with Gasteiger partial charge in [-0.05, 0) is 15.4 Å². The molecule has 0 aliphatic carbocycles. The summed E-state index contributed by atoms with van der Waals surface area (Å²) in [7, 11) is -2.70. The lowest BCUT2D eigenvalue weighted by Gasteiger charge is -2.38. The average Bonchev–Trinajstić information content (AvgIpc) is 2.38. The molecular formula is C16H22O2Si. The van der Waals surface area contributed by atoms with Crippen LogP contribution < -0.4 is 10.4 Å². The van der Waals surface area contributed by atoms with Gasteiger partial charge >= 0.3 is 0 Å². The van der Waals surface area contributed by atoms with Crippen LogP contribution in [0, 0.1) is 0 Å². The SMILES string of the molecule is CC(C)(C)[Si](O)(c1ccccc1)c1ccccc1.O. The third-order valence-electron chi connectivity index (χ3n) is 3.47. The quantitative estimate of drug-likeness (QED) is 0.833. The molecule has 2 aromatic rings. The summed E-state index contributed by atoms with van der Waals surface area (Å²) in [6.45, 7) is 6.37. The van der Waals surface area contributed by atoms with Gasteiger partial charge < -0.3 is 10.3 Å².